The summed E-state index contributed by atoms with van der Waals surface area (Å²) in [5, 5.41) is 11.4. The van der Waals surface area contributed by atoms with Crippen molar-refractivity contribution in [2.75, 3.05) is 5.32 Å². The summed E-state index contributed by atoms with van der Waals surface area (Å²) in [7, 11) is 0. The minimum atomic E-state index is -0.497. The molecule has 0 radical (unpaired) electrons. The minimum Gasteiger partial charge on any atom is -0.346 e. The van der Waals surface area contributed by atoms with Crippen molar-refractivity contribution in [2.24, 2.45) is 0 Å². The number of hydrogen-bond acceptors (Lipinski definition) is 5. The average molecular weight is 349 g/mol. The molecule has 1 aromatic carbocycles. The zero-order valence-electron chi connectivity index (χ0n) is 12.5. The fourth-order valence-corrected chi connectivity index (χ4v) is 3.05. The van der Waals surface area contributed by atoms with E-state index < -0.39 is 5.91 Å². The normalized spacial score (nSPS) is 10.9. The van der Waals surface area contributed by atoms with Crippen LogP contribution >= 0.6 is 22.9 Å². The Hall–Kier alpha value is -2.25. The first-order chi connectivity index (χ1) is 11.0. The number of aromatic nitrogens is 3. The lowest BCUT2D eigenvalue weighted by Crippen LogP contribution is -2.24. The van der Waals surface area contributed by atoms with Crippen LogP contribution < -0.4 is 10.7 Å². The van der Waals surface area contributed by atoms with E-state index in [1.807, 2.05) is 18.4 Å². The molecule has 2 aromatic heterocycles. The highest BCUT2D eigenvalue weighted by molar-refractivity contribution is 7.13. The second-order valence-electron chi connectivity index (χ2n) is 4.92. The van der Waals surface area contributed by atoms with Gasteiger partial charge in [-0.05, 0) is 31.5 Å². The number of rotatable bonds is 3. The molecule has 0 atom stereocenters. The predicted octanol–water partition coefficient (Wildman–Crippen LogP) is 3.09. The van der Waals surface area contributed by atoms with Crippen LogP contribution in [0.3, 0.4) is 0 Å². The standard InChI is InChI=1S/C15H13ClN4O2S/c1-3-20-6-10(14(22)18-15-19-17-7-23-15)13(21)9-4-5-11(16)8(2)12(9)20/h4-7H,3H2,1-2H3,(H,18,19,22). The third kappa shape index (κ3) is 2.73. The number of aryl methyl sites for hydroxylation is 2. The number of fused-ring (bicyclic) bond motifs is 1. The summed E-state index contributed by atoms with van der Waals surface area (Å²) in [5.74, 6) is -0.497. The lowest BCUT2D eigenvalue weighted by molar-refractivity contribution is 0.102. The fourth-order valence-electron chi connectivity index (χ4n) is 2.46. The van der Waals surface area contributed by atoms with Gasteiger partial charge in [-0.15, -0.1) is 10.2 Å². The van der Waals surface area contributed by atoms with Crippen LogP contribution in [0.15, 0.2) is 28.6 Å². The number of anilines is 1. The van der Waals surface area contributed by atoms with Crippen LogP contribution in [0.1, 0.15) is 22.8 Å². The molecule has 0 saturated heterocycles. The van der Waals surface area contributed by atoms with Crippen molar-refractivity contribution in [1.82, 2.24) is 14.8 Å². The number of halogens is 1. The van der Waals surface area contributed by atoms with E-state index >= 15 is 0 Å². The van der Waals surface area contributed by atoms with Crippen molar-refractivity contribution in [3.63, 3.8) is 0 Å². The largest absolute Gasteiger partial charge is 0.346 e. The van der Waals surface area contributed by atoms with Crippen LogP contribution in [0.4, 0.5) is 5.13 Å². The molecule has 118 valence electrons. The van der Waals surface area contributed by atoms with Crippen LogP contribution in [-0.2, 0) is 6.54 Å². The van der Waals surface area contributed by atoms with Gasteiger partial charge in [0, 0.05) is 23.2 Å². The van der Waals surface area contributed by atoms with Crippen molar-refractivity contribution in [3.05, 3.63) is 50.2 Å². The predicted molar refractivity (Wildman–Crippen MR) is 91.5 cm³/mol. The molecular formula is C15H13ClN4O2S. The Balaban J connectivity index is 2.19. The van der Waals surface area contributed by atoms with Crippen molar-refractivity contribution in [2.45, 2.75) is 20.4 Å². The first-order valence-corrected chi connectivity index (χ1v) is 8.18. The minimum absolute atomic E-state index is 0.0660. The molecular weight excluding hydrogens is 336 g/mol. The maximum Gasteiger partial charge on any atom is 0.262 e. The van der Waals surface area contributed by atoms with Gasteiger partial charge >= 0.3 is 0 Å². The first kappa shape index (κ1) is 15.6. The van der Waals surface area contributed by atoms with Crippen LogP contribution in [0, 0.1) is 6.92 Å². The molecule has 0 fully saturated rings. The number of benzene rings is 1. The number of hydrogen-bond donors (Lipinski definition) is 1. The van der Waals surface area contributed by atoms with Gasteiger partial charge in [-0.3, -0.25) is 14.9 Å². The Morgan fingerprint density at radius 3 is 2.87 bits per heavy atom. The number of pyridine rings is 1. The van der Waals surface area contributed by atoms with E-state index in [9.17, 15) is 9.59 Å². The number of amides is 1. The highest BCUT2D eigenvalue weighted by Crippen LogP contribution is 2.24. The van der Waals surface area contributed by atoms with E-state index in [-0.39, 0.29) is 11.0 Å². The van der Waals surface area contributed by atoms with Gasteiger partial charge in [0.1, 0.15) is 11.1 Å². The third-order valence-corrected chi connectivity index (χ3v) is 4.61. The molecule has 3 aromatic rings. The Bertz CT molecular complexity index is 950. The topological polar surface area (TPSA) is 76.9 Å². The van der Waals surface area contributed by atoms with E-state index in [0.717, 1.165) is 11.1 Å². The van der Waals surface area contributed by atoms with Crippen molar-refractivity contribution < 1.29 is 4.79 Å². The molecule has 8 heteroatoms. The average Bonchev–Trinajstić information content (AvgIpc) is 3.04. The zero-order chi connectivity index (χ0) is 16.6. The van der Waals surface area contributed by atoms with E-state index in [2.05, 4.69) is 15.5 Å². The number of carbonyl (C=O) groups excluding carboxylic acids is 1. The molecule has 0 spiro atoms. The summed E-state index contributed by atoms with van der Waals surface area (Å²) in [6.07, 6.45) is 1.56. The summed E-state index contributed by atoms with van der Waals surface area (Å²) < 4.78 is 1.85. The van der Waals surface area contributed by atoms with Gasteiger partial charge < -0.3 is 4.57 Å². The van der Waals surface area contributed by atoms with Gasteiger partial charge in [0.15, 0.2) is 0 Å². The van der Waals surface area contributed by atoms with Gasteiger partial charge in [-0.25, -0.2) is 0 Å². The fraction of sp³-hybridized carbons (Fsp3) is 0.200. The smallest absolute Gasteiger partial charge is 0.262 e. The van der Waals surface area contributed by atoms with Gasteiger partial charge in [0.05, 0.1) is 5.52 Å². The molecule has 2 heterocycles. The zero-order valence-corrected chi connectivity index (χ0v) is 14.0. The van der Waals surface area contributed by atoms with Gasteiger partial charge in [0.2, 0.25) is 10.6 Å². The van der Waals surface area contributed by atoms with E-state index in [1.165, 1.54) is 16.8 Å². The van der Waals surface area contributed by atoms with E-state index in [4.69, 9.17) is 11.6 Å². The Morgan fingerprint density at radius 1 is 1.43 bits per heavy atom. The second-order valence-corrected chi connectivity index (χ2v) is 6.16. The Morgan fingerprint density at radius 2 is 2.22 bits per heavy atom. The first-order valence-electron chi connectivity index (χ1n) is 6.92. The monoisotopic (exact) mass is 348 g/mol. The van der Waals surface area contributed by atoms with E-state index in [0.29, 0.717) is 22.1 Å². The highest BCUT2D eigenvalue weighted by atomic mass is 35.5. The molecule has 0 bridgehead atoms. The SMILES string of the molecule is CCn1cc(C(=O)Nc2nncs2)c(=O)c2ccc(Cl)c(C)c21. The lowest BCUT2D eigenvalue weighted by atomic mass is 10.1. The van der Waals surface area contributed by atoms with Gasteiger partial charge in [-0.2, -0.15) is 0 Å². The van der Waals surface area contributed by atoms with Crippen molar-refractivity contribution in [3.8, 4) is 0 Å². The number of carbonyl (C=O) groups is 1. The summed E-state index contributed by atoms with van der Waals surface area (Å²) in [4.78, 5) is 25.1. The van der Waals surface area contributed by atoms with Crippen molar-refractivity contribution >= 4 is 44.9 Å². The quantitative estimate of drug-likeness (QED) is 0.789. The molecule has 0 aliphatic heterocycles. The molecule has 6 nitrogen and oxygen atoms in total. The molecule has 0 aliphatic carbocycles. The Kier molecular flexibility index (Phi) is 4.14. The molecule has 3 rings (SSSR count). The van der Waals surface area contributed by atoms with Crippen LogP contribution in [0.5, 0.6) is 0 Å². The van der Waals surface area contributed by atoms with Gasteiger partial charge in [0.25, 0.3) is 5.91 Å². The summed E-state index contributed by atoms with van der Waals surface area (Å²) in [6, 6.07) is 3.33. The van der Waals surface area contributed by atoms with Crippen LogP contribution in [0.2, 0.25) is 5.02 Å². The maximum absolute atomic E-state index is 12.7. The lowest BCUT2D eigenvalue weighted by Gasteiger charge is -2.14. The van der Waals surface area contributed by atoms with E-state index in [1.54, 1.807) is 18.3 Å². The van der Waals surface area contributed by atoms with Crippen molar-refractivity contribution in [1.29, 1.82) is 0 Å². The maximum atomic E-state index is 12.7. The molecule has 0 aliphatic rings. The Labute approximate surface area is 140 Å². The third-order valence-electron chi connectivity index (χ3n) is 3.59. The second kappa shape index (κ2) is 6.10. The number of nitrogens with zero attached hydrogens (tertiary/aromatic N) is 3. The van der Waals surface area contributed by atoms with Gasteiger partial charge in [-0.1, -0.05) is 22.9 Å². The summed E-state index contributed by atoms with van der Waals surface area (Å²) >= 11 is 7.35. The number of nitrogens with one attached hydrogen (secondary N) is 1. The van der Waals surface area contributed by atoms with Crippen LogP contribution in [0.25, 0.3) is 10.9 Å². The summed E-state index contributed by atoms with van der Waals surface area (Å²) in [5.41, 5.74) is 2.81. The molecule has 0 unspecified atom stereocenters. The molecule has 1 amide bonds. The summed E-state index contributed by atoms with van der Waals surface area (Å²) in [6.45, 7) is 4.41. The van der Waals surface area contributed by atoms with Crippen LogP contribution in [-0.4, -0.2) is 20.7 Å². The molecule has 23 heavy (non-hydrogen) atoms. The highest BCUT2D eigenvalue weighted by Gasteiger charge is 2.18. The molecule has 0 saturated carbocycles. The molecule has 1 N–H and O–H groups in total.